The van der Waals surface area contributed by atoms with Gasteiger partial charge in [0.2, 0.25) is 0 Å². The Kier molecular flexibility index (Phi) is 11.1. The van der Waals surface area contributed by atoms with Crippen LogP contribution in [-0.4, -0.2) is 22.6 Å². The molecular weight excluding hydrogens is 364 g/mol. The summed E-state index contributed by atoms with van der Waals surface area (Å²) in [6.45, 7) is 2.25. The van der Waals surface area contributed by atoms with E-state index in [2.05, 4.69) is 6.92 Å². The third kappa shape index (κ3) is 8.30. The van der Waals surface area contributed by atoms with Crippen LogP contribution >= 0.6 is 0 Å². The molecule has 0 heterocycles. The molecule has 0 spiro atoms. The van der Waals surface area contributed by atoms with Gasteiger partial charge >= 0.3 is 11.9 Å². The van der Waals surface area contributed by atoms with Gasteiger partial charge < -0.3 is 9.84 Å². The monoisotopic (exact) mass is 408 g/mol. The molecule has 2 atom stereocenters. The molecule has 0 aliphatic heterocycles. The molecular formula is C25H44O4. The number of ether oxygens (including phenoxy) is 1. The molecule has 2 fully saturated rings. The number of unbranched alkanes of at least 4 members (excludes halogenated alkanes) is 8. The Morgan fingerprint density at radius 3 is 1.93 bits per heavy atom. The van der Waals surface area contributed by atoms with Gasteiger partial charge in [-0.25, -0.2) is 0 Å². The number of carbonyl (C=O) groups is 2. The fourth-order valence-electron chi connectivity index (χ4n) is 5.35. The number of aliphatic carboxylic acids is 1. The smallest absolute Gasteiger partial charge is 0.310 e. The van der Waals surface area contributed by atoms with Gasteiger partial charge in [0, 0.05) is 0 Å². The molecule has 0 bridgehead atoms. The summed E-state index contributed by atoms with van der Waals surface area (Å²) in [6, 6.07) is 0. The van der Waals surface area contributed by atoms with Crippen molar-refractivity contribution in [2.24, 2.45) is 11.8 Å². The second kappa shape index (κ2) is 13.3. The first-order valence-corrected chi connectivity index (χ1v) is 12.5. The fourth-order valence-corrected chi connectivity index (χ4v) is 5.35. The van der Waals surface area contributed by atoms with Crippen LogP contribution in [0.25, 0.3) is 0 Å². The molecule has 0 saturated heterocycles. The Hall–Kier alpha value is -1.06. The van der Waals surface area contributed by atoms with Crippen molar-refractivity contribution in [3.63, 3.8) is 0 Å². The molecule has 29 heavy (non-hydrogen) atoms. The second-order valence-corrected chi connectivity index (χ2v) is 9.58. The predicted octanol–water partition coefficient (Wildman–Crippen LogP) is 7.04. The first-order valence-electron chi connectivity index (χ1n) is 12.5. The number of rotatable bonds is 13. The van der Waals surface area contributed by atoms with Crippen LogP contribution in [0.4, 0.5) is 0 Å². The van der Waals surface area contributed by atoms with Gasteiger partial charge in [0.05, 0.1) is 11.8 Å². The van der Waals surface area contributed by atoms with Crippen LogP contribution in [0.2, 0.25) is 0 Å². The Bertz CT molecular complexity index is 481. The van der Waals surface area contributed by atoms with Gasteiger partial charge in [0.25, 0.3) is 0 Å². The zero-order valence-corrected chi connectivity index (χ0v) is 18.8. The summed E-state index contributed by atoms with van der Waals surface area (Å²) in [5.41, 5.74) is -0.322. The molecule has 0 amide bonds. The SMILES string of the molecule is CCCCCCCCCCCC1(OC(=O)C2CCCCC2C(=O)O)CCCCC1. The zero-order valence-electron chi connectivity index (χ0n) is 18.8. The highest BCUT2D eigenvalue weighted by atomic mass is 16.6. The van der Waals surface area contributed by atoms with Crippen LogP contribution < -0.4 is 0 Å². The molecule has 168 valence electrons. The molecule has 1 N–H and O–H groups in total. The van der Waals surface area contributed by atoms with Crippen molar-refractivity contribution in [1.82, 2.24) is 0 Å². The minimum atomic E-state index is -0.830. The number of esters is 1. The van der Waals surface area contributed by atoms with E-state index in [4.69, 9.17) is 4.74 Å². The largest absolute Gasteiger partial charge is 0.481 e. The van der Waals surface area contributed by atoms with E-state index >= 15 is 0 Å². The standard InChI is InChI=1S/C25H44O4/c1-2-3-4-5-6-7-8-9-13-18-25(19-14-10-15-20-25)29-24(28)22-17-12-11-16-21(22)23(26)27/h21-22H,2-20H2,1H3,(H,26,27). The Labute approximate surface area is 178 Å². The minimum Gasteiger partial charge on any atom is -0.481 e. The van der Waals surface area contributed by atoms with Crippen molar-refractivity contribution in [3.8, 4) is 0 Å². The summed E-state index contributed by atoms with van der Waals surface area (Å²) in [5.74, 6) is -2.05. The van der Waals surface area contributed by atoms with E-state index in [9.17, 15) is 14.7 Å². The van der Waals surface area contributed by atoms with Crippen LogP contribution in [-0.2, 0) is 14.3 Å². The summed E-state index contributed by atoms with van der Waals surface area (Å²) in [7, 11) is 0. The van der Waals surface area contributed by atoms with Crippen molar-refractivity contribution in [2.45, 2.75) is 135 Å². The first kappa shape index (κ1) is 24.2. The number of carbonyl (C=O) groups excluding carboxylic acids is 1. The van der Waals surface area contributed by atoms with Crippen LogP contribution in [0, 0.1) is 11.8 Å². The number of carboxylic acids is 1. The van der Waals surface area contributed by atoms with Gasteiger partial charge in [-0.05, 0) is 51.4 Å². The summed E-state index contributed by atoms with van der Waals surface area (Å²) < 4.78 is 6.17. The highest BCUT2D eigenvalue weighted by Gasteiger charge is 2.42. The van der Waals surface area contributed by atoms with Gasteiger partial charge in [-0.2, -0.15) is 0 Å². The maximum Gasteiger partial charge on any atom is 0.310 e. The molecule has 2 aliphatic carbocycles. The summed E-state index contributed by atoms with van der Waals surface area (Å²) >= 11 is 0. The first-order chi connectivity index (χ1) is 14.1. The summed E-state index contributed by atoms with van der Waals surface area (Å²) in [5, 5.41) is 9.51. The number of hydrogen-bond donors (Lipinski definition) is 1. The second-order valence-electron chi connectivity index (χ2n) is 9.58. The van der Waals surface area contributed by atoms with E-state index in [1.807, 2.05) is 0 Å². The lowest BCUT2D eigenvalue weighted by atomic mass is 9.78. The number of hydrogen-bond acceptors (Lipinski definition) is 3. The van der Waals surface area contributed by atoms with Gasteiger partial charge in [0.15, 0.2) is 0 Å². The topological polar surface area (TPSA) is 63.6 Å². The lowest BCUT2D eigenvalue weighted by Crippen LogP contribution is -2.42. The van der Waals surface area contributed by atoms with E-state index in [1.54, 1.807) is 0 Å². The zero-order chi connectivity index (χ0) is 21.0. The van der Waals surface area contributed by atoms with E-state index in [1.165, 1.54) is 57.8 Å². The Balaban J connectivity index is 1.78. The van der Waals surface area contributed by atoms with E-state index < -0.39 is 17.8 Å². The fraction of sp³-hybridized carbons (Fsp3) is 0.920. The maximum atomic E-state index is 13.0. The highest BCUT2D eigenvalue weighted by Crippen LogP contribution is 2.39. The molecule has 2 aliphatic rings. The minimum absolute atomic E-state index is 0.227. The van der Waals surface area contributed by atoms with Crippen LogP contribution in [0.1, 0.15) is 129 Å². The van der Waals surface area contributed by atoms with Crippen molar-refractivity contribution >= 4 is 11.9 Å². The maximum absolute atomic E-state index is 13.0. The van der Waals surface area contributed by atoms with Gasteiger partial charge in [0.1, 0.15) is 5.60 Å². The molecule has 0 aromatic rings. The normalized spacial score (nSPS) is 24.2. The van der Waals surface area contributed by atoms with Crippen LogP contribution in [0.15, 0.2) is 0 Å². The van der Waals surface area contributed by atoms with Crippen molar-refractivity contribution in [1.29, 1.82) is 0 Å². The average molecular weight is 409 g/mol. The predicted molar refractivity (Wildman–Crippen MR) is 117 cm³/mol. The molecule has 4 nitrogen and oxygen atoms in total. The highest BCUT2D eigenvalue weighted by molar-refractivity contribution is 5.81. The molecule has 4 heteroatoms. The van der Waals surface area contributed by atoms with E-state index in [-0.39, 0.29) is 11.6 Å². The molecule has 0 radical (unpaired) electrons. The van der Waals surface area contributed by atoms with Crippen LogP contribution in [0.5, 0.6) is 0 Å². The quantitative estimate of drug-likeness (QED) is 0.262. The third-order valence-corrected chi connectivity index (χ3v) is 7.20. The van der Waals surface area contributed by atoms with Gasteiger partial charge in [-0.3, -0.25) is 9.59 Å². The summed E-state index contributed by atoms with van der Waals surface area (Å²) in [6.07, 6.45) is 21.1. The van der Waals surface area contributed by atoms with Crippen molar-refractivity contribution < 1.29 is 19.4 Å². The average Bonchev–Trinajstić information content (AvgIpc) is 2.73. The van der Waals surface area contributed by atoms with Crippen molar-refractivity contribution in [2.75, 3.05) is 0 Å². The molecule has 0 aromatic carbocycles. The summed E-state index contributed by atoms with van der Waals surface area (Å²) in [4.78, 5) is 24.6. The third-order valence-electron chi connectivity index (χ3n) is 7.20. The van der Waals surface area contributed by atoms with Gasteiger partial charge in [-0.15, -0.1) is 0 Å². The molecule has 2 unspecified atom stereocenters. The van der Waals surface area contributed by atoms with Gasteiger partial charge in [-0.1, -0.05) is 77.6 Å². The molecule has 2 rings (SSSR count). The van der Waals surface area contributed by atoms with Crippen molar-refractivity contribution in [3.05, 3.63) is 0 Å². The van der Waals surface area contributed by atoms with E-state index in [0.717, 1.165) is 51.4 Å². The van der Waals surface area contributed by atoms with E-state index in [0.29, 0.717) is 12.8 Å². The lowest BCUT2D eigenvalue weighted by Gasteiger charge is -2.39. The lowest BCUT2D eigenvalue weighted by molar-refractivity contribution is -0.176. The Morgan fingerprint density at radius 1 is 0.793 bits per heavy atom. The number of carboxylic acid groups (broad SMARTS) is 1. The molecule has 2 saturated carbocycles. The van der Waals surface area contributed by atoms with Crippen LogP contribution in [0.3, 0.4) is 0 Å². The molecule has 0 aromatic heterocycles. The Morgan fingerprint density at radius 2 is 1.34 bits per heavy atom.